The lowest BCUT2D eigenvalue weighted by Crippen LogP contribution is -2.29. The maximum absolute atomic E-state index is 10.7. The molecule has 0 amide bonds. The number of aliphatic carboxylic acids is 2. The summed E-state index contributed by atoms with van der Waals surface area (Å²) < 4.78 is 0. The Morgan fingerprint density at radius 1 is 1.07 bits per heavy atom. The van der Waals surface area contributed by atoms with Crippen LogP contribution in [0.4, 0.5) is 0 Å². The Bertz CT molecular complexity index is 200. The van der Waals surface area contributed by atoms with Crippen LogP contribution in [0.15, 0.2) is 0 Å². The Morgan fingerprint density at radius 3 is 1.64 bits per heavy atom. The summed E-state index contributed by atoms with van der Waals surface area (Å²) >= 11 is 0. The first-order chi connectivity index (χ1) is 6.38. The molecular formula is C10H18O4. The Morgan fingerprint density at radius 2 is 1.43 bits per heavy atom. The highest BCUT2D eigenvalue weighted by Crippen LogP contribution is 2.35. The van der Waals surface area contributed by atoms with E-state index in [1.165, 1.54) is 6.42 Å². The normalized spacial score (nSPS) is 19.0. The number of rotatable bonds is 1. The van der Waals surface area contributed by atoms with Gasteiger partial charge in [-0.3, -0.25) is 9.59 Å². The van der Waals surface area contributed by atoms with Crippen LogP contribution in [0, 0.1) is 5.41 Å². The van der Waals surface area contributed by atoms with Gasteiger partial charge in [-0.2, -0.15) is 0 Å². The van der Waals surface area contributed by atoms with E-state index in [-0.39, 0.29) is 0 Å². The number of carboxylic acids is 2. The van der Waals surface area contributed by atoms with E-state index in [0.717, 1.165) is 32.6 Å². The van der Waals surface area contributed by atoms with E-state index < -0.39 is 17.4 Å². The molecule has 2 N–H and O–H groups in total. The van der Waals surface area contributed by atoms with Crippen LogP contribution < -0.4 is 0 Å². The molecule has 0 aliphatic heterocycles. The van der Waals surface area contributed by atoms with Crippen molar-refractivity contribution in [2.45, 2.75) is 46.0 Å². The summed E-state index contributed by atoms with van der Waals surface area (Å²) in [6, 6.07) is 0. The van der Waals surface area contributed by atoms with Crippen molar-refractivity contribution in [3.8, 4) is 0 Å². The molecule has 0 unspecified atom stereocenters. The largest absolute Gasteiger partial charge is 0.481 e. The van der Waals surface area contributed by atoms with Crippen molar-refractivity contribution in [3.05, 3.63) is 0 Å². The lowest BCUT2D eigenvalue weighted by Gasteiger charge is -2.28. The van der Waals surface area contributed by atoms with Gasteiger partial charge in [-0.15, -0.1) is 0 Å². The SMILES string of the molecule is CC(=O)O.CC1(C(=O)O)CCCCC1. The number of hydrogen-bond acceptors (Lipinski definition) is 2. The standard InChI is InChI=1S/C8H14O2.C2H4O2/c1-8(7(9)10)5-3-2-4-6-8;1-2(3)4/h2-6H2,1H3,(H,9,10);1H3,(H,3,4). The molecular weight excluding hydrogens is 184 g/mol. The van der Waals surface area contributed by atoms with Gasteiger partial charge in [-0.1, -0.05) is 19.3 Å². The molecule has 4 nitrogen and oxygen atoms in total. The Balaban J connectivity index is 0.000000364. The van der Waals surface area contributed by atoms with Crippen LogP contribution in [-0.4, -0.2) is 22.2 Å². The van der Waals surface area contributed by atoms with Crippen LogP contribution >= 0.6 is 0 Å². The third kappa shape index (κ3) is 4.84. The van der Waals surface area contributed by atoms with Gasteiger partial charge in [-0.25, -0.2) is 0 Å². The monoisotopic (exact) mass is 202 g/mol. The van der Waals surface area contributed by atoms with Crippen LogP contribution in [0.5, 0.6) is 0 Å². The summed E-state index contributed by atoms with van der Waals surface area (Å²) in [6.45, 7) is 2.94. The van der Waals surface area contributed by atoms with Gasteiger partial charge in [0.05, 0.1) is 5.41 Å². The number of carboxylic acid groups (broad SMARTS) is 2. The molecule has 0 aromatic carbocycles. The van der Waals surface area contributed by atoms with E-state index in [0.29, 0.717) is 0 Å². The number of hydrogen-bond donors (Lipinski definition) is 2. The van der Waals surface area contributed by atoms with E-state index in [1.54, 1.807) is 0 Å². The summed E-state index contributed by atoms with van der Waals surface area (Å²) in [5.41, 5.74) is -0.405. The second kappa shape index (κ2) is 5.62. The maximum Gasteiger partial charge on any atom is 0.309 e. The van der Waals surface area contributed by atoms with Crippen LogP contribution in [-0.2, 0) is 9.59 Å². The van der Waals surface area contributed by atoms with Crippen molar-refractivity contribution in [2.75, 3.05) is 0 Å². The zero-order valence-corrected chi connectivity index (χ0v) is 8.75. The zero-order valence-electron chi connectivity index (χ0n) is 8.75. The molecule has 0 saturated heterocycles. The van der Waals surface area contributed by atoms with Gasteiger partial charge < -0.3 is 10.2 Å². The predicted octanol–water partition coefficient (Wildman–Crippen LogP) is 2.13. The fourth-order valence-electron chi connectivity index (χ4n) is 1.55. The van der Waals surface area contributed by atoms with Gasteiger partial charge in [0.1, 0.15) is 0 Å². The molecule has 82 valence electrons. The molecule has 0 bridgehead atoms. The maximum atomic E-state index is 10.7. The molecule has 0 atom stereocenters. The fourth-order valence-corrected chi connectivity index (χ4v) is 1.55. The smallest absolute Gasteiger partial charge is 0.309 e. The lowest BCUT2D eigenvalue weighted by atomic mass is 9.76. The zero-order chi connectivity index (χ0) is 11.2. The Hall–Kier alpha value is -1.06. The van der Waals surface area contributed by atoms with E-state index >= 15 is 0 Å². The second-order valence-corrected chi connectivity index (χ2v) is 3.95. The van der Waals surface area contributed by atoms with E-state index in [4.69, 9.17) is 15.0 Å². The van der Waals surface area contributed by atoms with Gasteiger partial charge in [0, 0.05) is 6.92 Å². The number of carbonyl (C=O) groups is 2. The molecule has 0 radical (unpaired) electrons. The van der Waals surface area contributed by atoms with Crippen molar-refractivity contribution < 1.29 is 19.8 Å². The van der Waals surface area contributed by atoms with Crippen LogP contribution in [0.25, 0.3) is 0 Å². The van der Waals surface area contributed by atoms with Crippen molar-refractivity contribution in [1.29, 1.82) is 0 Å². The average molecular weight is 202 g/mol. The van der Waals surface area contributed by atoms with Gasteiger partial charge in [0.2, 0.25) is 0 Å². The quantitative estimate of drug-likeness (QED) is 0.683. The third-order valence-corrected chi connectivity index (χ3v) is 2.47. The molecule has 1 saturated carbocycles. The van der Waals surface area contributed by atoms with Crippen LogP contribution in [0.3, 0.4) is 0 Å². The lowest BCUT2D eigenvalue weighted by molar-refractivity contribution is -0.149. The average Bonchev–Trinajstić information content (AvgIpc) is 2.04. The summed E-state index contributed by atoms with van der Waals surface area (Å²) in [7, 11) is 0. The van der Waals surface area contributed by atoms with Gasteiger partial charge in [-0.05, 0) is 19.8 Å². The van der Waals surface area contributed by atoms with Crippen molar-refractivity contribution in [2.24, 2.45) is 5.41 Å². The highest BCUT2D eigenvalue weighted by Gasteiger charge is 2.33. The first-order valence-electron chi connectivity index (χ1n) is 4.81. The first kappa shape index (κ1) is 12.9. The molecule has 4 heteroatoms. The minimum atomic E-state index is -0.833. The van der Waals surface area contributed by atoms with E-state index in [1.807, 2.05) is 6.92 Å². The highest BCUT2D eigenvalue weighted by molar-refractivity contribution is 5.74. The molecule has 0 aromatic heterocycles. The molecule has 0 aromatic rings. The topological polar surface area (TPSA) is 74.6 Å². The Labute approximate surface area is 83.9 Å². The van der Waals surface area contributed by atoms with Gasteiger partial charge in [0.15, 0.2) is 0 Å². The molecule has 1 aliphatic carbocycles. The molecule has 0 spiro atoms. The minimum absolute atomic E-state index is 0.405. The fraction of sp³-hybridized carbons (Fsp3) is 0.800. The molecule has 1 rings (SSSR count). The van der Waals surface area contributed by atoms with E-state index in [9.17, 15) is 4.79 Å². The molecule has 0 heterocycles. The second-order valence-electron chi connectivity index (χ2n) is 3.95. The van der Waals surface area contributed by atoms with E-state index in [2.05, 4.69) is 0 Å². The van der Waals surface area contributed by atoms with Crippen molar-refractivity contribution in [1.82, 2.24) is 0 Å². The first-order valence-corrected chi connectivity index (χ1v) is 4.81. The predicted molar refractivity (Wildman–Crippen MR) is 52.1 cm³/mol. The summed E-state index contributed by atoms with van der Waals surface area (Å²) in [5, 5.41) is 16.2. The highest BCUT2D eigenvalue weighted by atomic mass is 16.4. The van der Waals surface area contributed by atoms with Crippen molar-refractivity contribution >= 4 is 11.9 Å². The van der Waals surface area contributed by atoms with Crippen LogP contribution in [0.1, 0.15) is 46.0 Å². The minimum Gasteiger partial charge on any atom is -0.481 e. The molecule has 14 heavy (non-hydrogen) atoms. The van der Waals surface area contributed by atoms with Gasteiger partial charge >= 0.3 is 5.97 Å². The van der Waals surface area contributed by atoms with Crippen LogP contribution in [0.2, 0.25) is 0 Å². The molecule has 1 aliphatic rings. The summed E-state index contributed by atoms with van der Waals surface area (Å²) in [4.78, 5) is 19.7. The molecule has 1 fully saturated rings. The Kier molecular flexibility index (Phi) is 5.20. The van der Waals surface area contributed by atoms with Crippen molar-refractivity contribution in [3.63, 3.8) is 0 Å². The summed E-state index contributed by atoms with van der Waals surface area (Å²) in [5.74, 6) is -1.45. The van der Waals surface area contributed by atoms with Gasteiger partial charge in [0.25, 0.3) is 5.97 Å². The summed E-state index contributed by atoms with van der Waals surface area (Å²) in [6.07, 6.45) is 5.11. The third-order valence-electron chi connectivity index (χ3n) is 2.47.